The summed E-state index contributed by atoms with van der Waals surface area (Å²) in [7, 11) is 0. The van der Waals surface area contributed by atoms with Crippen molar-refractivity contribution in [2.75, 3.05) is 6.61 Å². The molecule has 1 aromatic carbocycles. The third kappa shape index (κ3) is 2.08. The van der Waals surface area contributed by atoms with Crippen molar-refractivity contribution in [2.24, 2.45) is 0 Å². The molecule has 0 amide bonds. The van der Waals surface area contributed by atoms with Gasteiger partial charge >= 0.3 is 5.97 Å². The number of fused-ring (bicyclic) bond motifs is 1. The van der Waals surface area contributed by atoms with Crippen molar-refractivity contribution in [1.82, 2.24) is 10.2 Å². The second-order valence-electron chi connectivity index (χ2n) is 3.30. The highest BCUT2D eigenvalue weighted by molar-refractivity contribution is 5.96. The smallest absolute Gasteiger partial charge is 0.360 e. The van der Waals surface area contributed by atoms with Crippen molar-refractivity contribution >= 4 is 16.9 Å². The third-order valence-corrected chi connectivity index (χ3v) is 2.17. The molecule has 0 aliphatic rings. The fourth-order valence-electron chi connectivity index (χ4n) is 1.46. The van der Waals surface area contributed by atoms with Crippen LogP contribution in [0, 0.1) is 0 Å². The Balaban J connectivity index is 2.65. The zero-order valence-corrected chi connectivity index (χ0v) is 8.96. The zero-order valence-electron chi connectivity index (χ0n) is 8.96. The summed E-state index contributed by atoms with van der Waals surface area (Å²) in [5.74, 6) is -0.940. The molecule has 0 saturated heterocycles. The summed E-state index contributed by atoms with van der Waals surface area (Å²) < 4.78 is 5.36. The number of hydrogen-bond donors (Lipinski definition) is 1. The molecule has 0 atom stereocenters. The van der Waals surface area contributed by atoms with Crippen molar-refractivity contribution < 1.29 is 14.6 Å². The van der Waals surface area contributed by atoms with E-state index in [9.17, 15) is 4.79 Å². The molecule has 2 aromatic rings. The summed E-state index contributed by atoms with van der Waals surface area (Å²) in [6.07, 6.45) is 1.54. The molecule has 0 fully saturated rings. The largest absolute Gasteiger partial charge is 0.486 e. The lowest BCUT2D eigenvalue weighted by Gasteiger charge is -2.08. The number of carboxylic acid groups (broad SMARTS) is 1. The summed E-state index contributed by atoms with van der Waals surface area (Å²) in [6.45, 7) is 3.74. The molecule has 0 radical (unpaired) electrons. The minimum Gasteiger partial charge on any atom is -0.486 e. The molecule has 1 heterocycles. The first-order valence-corrected chi connectivity index (χ1v) is 4.96. The van der Waals surface area contributed by atoms with Gasteiger partial charge in [0.1, 0.15) is 6.61 Å². The van der Waals surface area contributed by atoms with Gasteiger partial charge in [0.15, 0.2) is 5.75 Å². The molecular weight excluding hydrogens is 220 g/mol. The van der Waals surface area contributed by atoms with Gasteiger partial charge in [0, 0.05) is 5.39 Å². The molecule has 5 nitrogen and oxygen atoms in total. The highest BCUT2D eigenvalue weighted by atomic mass is 16.5. The molecule has 86 valence electrons. The summed E-state index contributed by atoms with van der Waals surface area (Å²) in [5.41, 5.74) is 0.405. The number of aromatic carboxylic acids is 1. The van der Waals surface area contributed by atoms with E-state index in [4.69, 9.17) is 9.84 Å². The standard InChI is InChI=1S/C12H10N2O3/c1-2-7-17-11-8-5-3-4-6-9(8)13-14-10(11)12(15)16/h2-6H,1,7H2,(H,15,16). The monoisotopic (exact) mass is 230 g/mol. The van der Waals surface area contributed by atoms with Crippen LogP contribution < -0.4 is 4.74 Å². The average Bonchev–Trinajstić information content (AvgIpc) is 2.35. The van der Waals surface area contributed by atoms with Crippen molar-refractivity contribution in [2.45, 2.75) is 0 Å². The Kier molecular flexibility index (Phi) is 3.00. The minimum absolute atomic E-state index is 0.189. The molecular formula is C12H10N2O3. The number of benzene rings is 1. The van der Waals surface area contributed by atoms with Crippen molar-refractivity contribution in [3.63, 3.8) is 0 Å². The lowest BCUT2D eigenvalue weighted by atomic mass is 10.2. The lowest BCUT2D eigenvalue weighted by molar-refractivity contribution is 0.0685. The van der Waals surface area contributed by atoms with E-state index < -0.39 is 5.97 Å². The van der Waals surface area contributed by atoms with E-state index in [0.717, 1.165) is 0 Å². The van der Waals surface area contributed by atoms with Gasteiger partial charge in [0.25, 0.3) is 0 Å². The Morgan fingerprint density at radius 2 is 2.18 bits per heavy atom. The van der Waals surface area contributed by atoms with Gasteiger partial charge in [0.2, 0.25) is 5.69 Å². The van der Waals surface area contributed by atoms with Gasteiger partial charge in [-0.15, -0.1) is 10.2 Å². The fraction of sp³-hybridized carbons (Fsp3) is 0.0833. The van der Waals surface area contributed by atoms with Gasteiger partial charge in [-0.2, -0.15) is 0 Å². The Morgan fingerprint density at radius 1 is 1.41 bits per heavy atom. The van der Waals surface area contributed by atoms with Crippen molar-refractivity contribution in [3.05, 3.63) is 42.6 Å². The van der Waals surface area contributed by atoms with Gasteiger partial charge in [-0.3, -0.25) is 0 Å². The van der Waals surface area contributed by atoms with Crippen molar-refractivity contribution in [3.8, 4) is 5.75 Å². The molecule has 1 N–H and O–H groups in total. The van der Waals surface area contributed by atoms with E-state index in [1.807, 2.05) is 0 Å². The summed E-state index contributed by atoms with van der Waals surface area (Å²) in [6, 6.07) is 7.08. The second-order valence-corrected chi connectivity index (χ2v) is 3.30. The van der Waals surface area contributed by atoms with Crippen LogP contribution in [0.15, 0.2) is 36.9 Å². The van der Waals surface area contributed by atoms with Gasteiger partial charge in [-0.25, -0.2) is 4.79 Å². The number of carboxylic acids is 1. The molecule has 0 aliphatic carbocycles. The third-order valence-electron chi connectivity index (χ3n) is 2.17. The molecule has 2 rings (SSSR count). The first kappa shape index (κ1) is 11.1. The van der Waals surface area contributed by atoms with Crippen LogP contribution in [0.2, 0.25) is 0 Å². The SMILES string of the molecule is C=CCOc1c(C(=O)O)nnc2ccccc12. The number of carbonyl (C=O) groups is 1. The number of nitrogens with zero attached hydrogens (tertiary/aromatic N) is 2. The van der Waals surface area contributed by atoms with Crippen LogP contribution in [-0.2, 0) is 0 Å². The van der Waals surface area contributed by atoms with Crippen LogP contribution in [-0.4, -0.2) is 27.9 Å². The molecule has 0 spiro atoms. The van der Waals surface area contributed by atoms with Crippen LogP contribution in [0.1, 0.15) is 10.5 Å². The Morgan fingerprint density at radius 3 is 2.88 bits per heavy atom. The van der Waals surface area contributed by atoms with E-state index in [-0.39, 0.29) is 18.1 Å². The molecule has 0 aliphatic heterocycles. The van der Waals surface area contributed by atoms with Crippen LogP contribution in [0.4, 0.5) is 0 Å². The van der Waals surface area contributed by atoms with E-state index in [1.54, 1.807) is 30.3 Å². The Bertz CT molecular complexity index is 581. The predicted octanol–water partition coefficient (Wildman–Crippen LogP) is 1.89. The average molecular weight is 230 g/mol. The van der Waals surface area contributed by atoms with Crippen LogP contribution in [0.25, 0.3) is 10.9 Å². The highest BCUT2D eigenvalue weighted by Crippen LogP contribution is 2.26. The number of hydrogen-bond acceptors (Lipinski definition) is 4. The fourth-order valence-corrected chi connectivity index (χ4v) is 1.46. The maximum atomic E-state index is 11.0. The summed E-state index contributed by atoms with van der Waals surface area (Å²) in [5, 5.41) is 17.1. The van der Waals surface area contributed by atoms with Crippen molar-refractivity contribution in [1.29, 1.82) is 0 Å². The highest BCUT2D eigenvalue weighted by Gasteiger charge is 2.17. The summed E-state index contributed by atoms with van der Waals surface area (Å²) >= 11 is 0. The maximum Gasteiger partial charge on any atom is 0.360 e. The minimum atomic E-state index is -1.16. The van der Waals surface area contributed by atoms with Crippen LogP contribution in [0.5, 0.6) is 5.75 Å². The molecule has 0 bridgehead atoms. The number of ether oxygens (including phenoxy) is 1. The van der Waals surface area contributed by atoms with Crippen LogP contribution >= 0.6 is 0 Å². The van der Waals surface area contributed by atoms with Crippen LogP contribution in [0.3, 0.4) is 0 Å². The van der Waals surface area contributed by atoms with Gasteiger partial charge in [0.05, 0.1) is 5.52 Å². The molecule has 17 heavy (non-hydrogen) atoms. The van der Waals surface area contributed by atoms with Gasteiger partial charge in [-0.05, 0) is 12.1 Å². The molecule has 5 heteroatoms. The first-order valence-electron chi connectivity index (χ1n) is 4.96. The normalized spacial score (nSPS) is 10.1. The molecule has 1 aromatic heterocycles. The number of aromatic nitrogens is 2. The van der Waals surface area contributed by atoms with E-state index in [1.165, 1.54) is 0 Å². The lowest BCUT2D eigenvalue weighted by Crippen LogP contribution is -2.08. The Labute approximate surface area is 97.4 Å². The van der Waals surface area contributed by atoms with Gasteiger partial charge < -0.3 is 9.84 Å². The molecule has 0 saturated carbocycles. The topological polar surface area (TPSA) is 72.3 Å². The predicted molar refractivity (Wildman–Crippen MR) is 62.2 cm³/mol. The van der Waals surface area contributed by atoms with E-state index >= 15 is 0 Å². The Hall–Kier alpha value is -2.43. The first-order chi connectivity index (χ1) is 8.24. The summed E-state index contributed by atoms with van der Waals surface area (Å²) in [4.78, 5) is 11.0. The quantitative estimate of drug-likeness (QED) is 0.812. The maximum absolute atomic E-state index is 11.0. The second kappa shape index (κ2) is 4.61. The van der Waals surface area contributed by atoms with Gasteiger partial charge in [-0.1, -0.05) is 24.8 Å². The zero-order chi connectivity index (χ0) is 12.3. The van der Waals surface area contributed by atoms with E-state index in [0.29, 0.717) is 10.9 Å². The number of rotatable bonds is 4. The van der Waals surface area contributed by atoms with E-state index in [2.05, 4.69) is 16.8 Å². The molecule has 0 unspecified atom stereocenters.